The molecule has 7 nitrogen and oxygen atoms in total. The lowest BCUT2D eigenvalue weighted by molar-refractivity contribution is -0.143. The van der Waals surface area contributed by atoms with Crippen LogP contribution in [-0.4, -0.2) is 52.2 Å². The van der Waals surface area contributed by atoms with E-state index in [0.717, 1.165) is 0 Å². The Hall–Kier alpha value is -1.79. The fourth-order valence-corrected chi connectivity index (χ4v) is 2.54. The van der Waals surface area contributed by atoms with E-state index in [2.05, 4.69) is 5.32 Å². The predicted molar refractivity (Wildman–Crippen MR) is 85.0 cm³/mol. The molecule has 7 heteroatoms. The van der Waals surface area contributed by atoms with E-state index < -0.39 is 35.7 Å². The van der Waals surface area contributed by atoms with Crippen molar-refractivity contribution in [2.24, 2.45) is 5.92 Å². The monoisotopic (exact) mass is 328 g/mol. The number of amides is 2. The van der Waals surface area contributed by atoms with Crippen molar-refractivity contribution in [2.75, 3.05) is 6.54 Å². The quantitative estimate of drug-likeness (QED) is 0.805. The lowest BCUT2D eigenvalue weighted by Gasteiger charge is -2.28. The smallest absolute Gasteiger partial charge is 0.410 e. The third kappa shape index (κ3) is 6.08. The van der Waals surface area contributed by atoms with Crippen molar-refractivity contribution in [1.82, 2.24) is 10.2 Å². The van der Waals surface area contributed by atoms with E-state index in [1.807, 2.05) is 13.8 Å². The summed E-state index contributed by atoms with van der Waals surface area (Å²) in [6, 6.07) is -1.61. The van der Waals surface area contributed by atoms with Crippen molar-refractivity contribution in [3.05, 3.63) is 0 Å². The largest absolute Gasteiger partial charge is 0.480 e. The Morgan fingerprint density at radius 2 is 1.91 bits per heavy atom. The normalized spacial score (nSPS) is 19.6. The van der Waals surface area contributed by atoms with Gasteiger partial charge in [-0.15, -0.1) is 0 Å². The topological polar surface area (TPSA) is 95.9 Å². The molecule has 0 aromatic carbocycles. The molecular formula is C16H28N2O5. The molecule has 1 aliphatic rings. The number of carboxylic acids is 1. The Morgan fingerprint density at radius 1 is 1.30 bits per heavy atom. The minimum absolute atomic E-state index is 0.141. The summed E-state index contributed by atoms with van der Waals surface area (Å²) in [4.78, 5) is 37.2. The SMILES string of the molecule is CC(C)C[C@H](NC(=O)[C@H]1CCCN1C(=O)OC(C)(C)C)C(=O)O. The second-order valence-corrected chi connectivity index (χ2v) is 7.36. The van der Waals surface area contributed by atoms with Crippen LogP contribution in [0.5, 0.6) is 0 Å². The second kappa shape index (κ2) is 7.66. The first kappa shape index (κ1) is 19.3. The van der Waals surface area contributed by atoms with Gasteiger partial charge >= 0.3 is 12.1 Å². The first-order chi connectivity index (χ1) is 10.5. The zero-order valence-corrected chi connectivity index (χ0v) is 14.6. The highest BCUT2D eigenvalue weighted by Crippen LogP contribution is 2.21. The van der Waals surface area contributed by atoms with E-state index >= 15 is 0 Å². The van der Waals surface area contributed by atoms with Crippen LogP contribution in [0, 0.1) is 5.92 Å². The van der Waals surface area contributed by atoms with E-state index in [0.29, 0.717) is 25.8 Å². The van der Waals surface area contributed by atoms with Crippen LogP contribution in [0.2, 0.25) is 0 Å². The first-order valence-corrected chi connectivity index (χ1v) is 8.04. The second-order valence-electron chi connectivity index (χ2n) is 7.36. The number of nitrogens with one attached hydrogen (secondary N) is 1. The Labute approximate surface area is 137 Å². The van der Waals surface area contributed by atoms with Gasteiger partial charge in [0.05, 0.1) is 0 Å². The number of carbonyl (C=O) groups excluding carboxylic acids is 2. The van der Waals surface area contributed by atoms with Gasteiger partial charge in [0.15, 0.2) is 0 Å². The van der Waals surface area contributed by atoms with E-state index in [1.165, 1.54) is 4.90 Å². The third-order valence-corrected chi connectivity index (χ3v) is 3.51. The molecule has 0 aromatic heterocycles. The lowest BCUT2D eigenvalue weighted by Crippen LogP contribution is -2.51. The maximum absolute atomic E-state index is 12.4. The molecule has 23 heavy (non-hydrogen) atoms. The number of aliphatic carboxylic acids is 1. The molecule has 1 rings (SSSR count). The number of hydrogen-bond acceptors (Lipinski definition) is 4. The van der Waals surface area contributed by atoms with Gasteiger partial charge in [-0.05, 0) is 46.0 Å². The molecule has 2 atom stereocenters. The van der Waals surface area contributed by atoms with Gasteiger partial charge in [-0.1, -0.05) is 13.8 Å². The minimum Gasteiger partial charge on any atom is -0.480 e. The molecule has 0 saturated carbocycles. The third-order valence-electron chi connectivity index (χ3n) is 3.51. The van der Waals surface area contributed by atoms with Crippen LogP contribution in [-0.2, 0) is 14.3 Å². The summed E-state index contributed by atoms with van der Waals surface area (Å²) < 4.78 is 5.31. The van der Waals surface area contributed by atoms with Gasteiger partial charge in [-0.3, -0.25) is 9.69 Å². The average Bonchev–Trinajstić information content (AvgIpc) is 2.84. The summed E-state index contributed by atoms with van der Waals surface area (Å²) in [5, 5.41) is 11.8. The highest BCUT2D eigenvalue weighted by Gasteiger charge is 2.37. The number of rotatable bonds is 5. The molecule has 1 saturated heterocycles. The summed E-state index contributed by atoms with van der Waals surface area (Å²) >= 11 is 0. The highest BCUT2D eigenvalue weighted by molar-refractivity contribution is 5.89. The number of hydrogen-bond donors (Lipinski definition) is 2. The van der Waals surface area contributed by atoms with E-state index in [-0.39, 0.29) is 5.92 Å². The Bertz CT molecular complexity index is 456. The summed E-state index contributed by atoms with van der Waals surface area (Å²) in [5.74, 6) is -1.35. The number of carbonyl (C=O) groups is 3. The molecule has 2 N–H and O–H groups in total. The Kier molecular flexibility index (Phi) is 6.41. The van der Waals surface area contributed by atoms with Crippen molar-refractivity contribution in [3.8, 4) is 0 Å². The molecule has 0 spiro atoms. The average molecular weight is 328 g/mol. The van der Waals surface area contributed by atoms with Gasteiger partial charge in [-0.2, -0.15) is 0 Å². The molecule has 0 unspecified atom stereocenters. The Balaban J connectivity index is 2.73. The zero-order chi connectivity index (χ0) is 17.8. The number of carboxylic acid groups (broad SMARTS) is 1. The molecule has 132 valence electrons. The van der Waals surface area contributed by atoms with Gasteiger partial charge in [0.25, 0.3) is 0 Å². The molecule has 0 aliphatic carbocycles. The summed E-state index contributed by atoms with van der Waals surface area (Å²) in [7, 11) is 0. The van der Waals surface area contributed by atoms with Crippen LogP contribution in [0.3, 0.4) is 0 Å². The molecule has 0 radical (unpaired) electrons. The zero-order valence-electron chi connectivity index (χ0n) is 14.6. The van der Waals surface area contributed by atoms with Crippen LogP contribution >= 0.6 is 0 Å². The van der Waals surface area contributed by atoms with Crippen molar-refractivity contribution in [2.45, 2.75) is 71.6 Å². The molecule has 0 aromatic rings. The molecule has 1 heterocycles. The van der Waals surface area contributed by atoms with Gasteiger partial charge in [0.1, 0.15) is 17.7 Å². The lowest BCUT2D eigenvalue weighted by atomic mass is 10.0. The van der Waals surface area contributed by atoms with E-state index in [1.54, 1.807) is 20.8 Å². The molecule has 1 aliphatic heterocycles. The molecule has 1 fully saturated rings. The first-order valence-electron chi connectivity index (χ1n) is 8.04. The summed E-state index contributed by atoms with van der Waals surface area (Å²) in [5.41, 5.74) is -0.637. The fraction of sp³-hybridized carbons (Fsp3) is 0.812. The van der Waals surface area contributed by atoms with Crippen LogP contribution in [0.4, 0.5) is 4.79 Å². The van der Waals surface area contributed by atoms with Crippen molar-refractivity contribution < 1.29 is 24.2 Å². The van der Waals surface area contributed by atoms with Gasteiger partial charge in [-0.25, -0.2) is 9.59 Å². The molecule has 0 bridgehead atoms. The maximum Gasteiger partial charge on any atom is 0.410 e. The number of likely N-dealkylation sites (tertiary alicyclic amines) is 1. The highest BCUT2D eigenvalue weighted by atomic mass is 16.6. The van der Waals surface area contributed by atoms with E-state index in [9.17, 15) is 19.5 Å². The standard InChI is InChI=1S/C16H28N2O5/c1-10(2)9-11(14(20)21)17-13(19)12-7-6-8-18(12)15(22)23-16(3,4)5/h10-12H,6-9H2,1-5H3,(H,17,19)(H,20,21)/t11-,12+/m0/s1. The number of ether oxygens (including phenoxy) is 1. The van der Waals surface area contributed by atoms with Crippen LogP contribution < -0.4 is 5.32 Å². The summed E-state index contributed by atoms with van der Waals surface area (Å²) in [6.45, 7) is 9.52. The Morgan fingerprint density at radius 3 is 2.39 bits per heavy atom. The summed E-state index contributed by atoms with van der Waals surface area (Å²) in [6.07, 6.45) is 1.02. The van der Waals surface area contributed by atoms with Gasteiger partial charge in [0, 0.05) is 6.54 Å². The van der Waals surface area contributed by atoms with Gasteiger partial charge in [0.2, 0.25) is 5.91 Å². The molecule has 2 amide bonds. The van der Waals surface area contributed by atoms with Crippen molar-refractivity contribution in [3.63, 3.8) is 0 Å². The number of nitrogens with zero attached hydrogens (tertiary/aromatic N) is 1. The van der Waals surface area contributed by atoms with Crippen molar-refractivity contribution >= 4 is 18.0 Å². The maximum atomic E-state index is 12.4. The fourth-order valence-electron chi connectivity index (χ4n) is 2.54. The van der Waals surface area contributed by atoms with Crippen molar-refractivity contribution in [1.29, 1.82) is 0 Å². The van der Waals surface area contributed by atoms with Crippen LogP contribution in [0.1, 0.15) is 53.9 Å². The molecular weight excluding hydrogens is 300 g/mol. The predicted octanol–water partition coefficient (Wildman–Crippen LogP) is 2.00. The van der Waals surface area contributed by atoms with Gasteiger partial charge < -0.3 is 15.2 Å². The minimum atomic E-state index is -1.06. The van der Waals surface area contributed by atoms with Crippen LogP contribution in [0.15, 0.2) is 0 Å². The van der Waals surface area contributed by atoms with E-state index in [4.69, 9.17) is 4.74 Å². The van der Waals surface area contributed by atoms with Crippen LogP contribution in [0.25, 0.3) is 0 Å².